The van der Waals surface area contributed by atoms with Crippen molar-refractivity contribution in [1.29, 1.82) is 0 Å². The minimum absolute atomic E-state index is 0.154. The number of aryl methyl sites for hydroxylation is 1. The molecule has 8 heteroatoms. The van der Waals surface area contributed by atoms with Gasteiger partial charge in [-0.2, -0.15) is 0 Å². The molecular weight excluding hydrogens is 434 g/mol. The summed E-state index contributed by atoms with van der Waals surface area (Å²) >= 11 is 7.44. The Kier molecular flexibility index (Phi) is 6.16. The summed E-state index contributed by atoms with van der Waals surface area (Å²) in [5.74, 6) is -0.590. The number of hydrogen-bond donors (Lipinski definition) is 2. The standard InChI is InChI=1S/C23H18ClN3O3S/c1-14-21(31-20(25-14)12-15-6-3-2-4-7-15)23(29)26-17-10-9-16(24)13-18(17)27-22(28)19-8-5-11-30-19/h2-11,13H,12H2,1H3,(H,26,29)(H,27,28). The number of carbonyl (C=O) groups is 2. The Morgan fingerprint density at radius 2 is 1.77 bits per heavy atom. The number of nitrogens with one attached hydrogen (secondary N) is 2. The molecule has 2 N–H and O–H groups in total. The molecule has 0 spiro atoms. The Bertz CT molecular complexity index is 1220. The third-order valence-corrected chi connectivity index (χ3v) is 5.86. The van der Waals surface area contributed by atoms with E-state index in [9.17, 15) is 9.59 Å². The molecule has 0 saturated heterocycles. The number of nitrogens with zero attached hydrogens (tertiary/aromatic N) is 1. The fourth-order valence-corrected chi connectivity index (χ4v) is 4.17. The fraction of sp³-hybridized carbons (Fsp3) is 0.0870. The van der Waals surface area contributed by atoms with Crippen molar-refractivity contribution in [2.24, 2.45) is 0 Å². The number of anilines is 2. The molecule has 0 saturated carbocycles. The van der Waals surface area contributed by atoms with Gasteiger partial charge in [0.15, 0.2) is 5.76 Å². The molecule has 2 heterocycles. The van der Waals surface area contributed by atoms with Crippen molar-refractivity contribution >= 4 is 46.1 Å². The van der Waals surface area contributed by atoms with Gasteiger partial charge in [-0.25, -0.2) is 4.98 Å². The van der Waals surface area contributed by atoms with Crippen LogP contribution in [-0.2, 0) is 6.42 Å². The van der Waals surface area contributed by atoms with E-state index in [2.05, 4.69) is 15.6 Å². The third kappa shape index (κ3) is 5.02. The molecule has 31 heavy (non-hydrogen) atoms. The van der Waals surface area contributed by atoms with Gasteiger partial charge in [0.05, 0.1) is 28.3 Å². The first kappa shape index (κ1) is 20.8. The van der Waals surface area contributed by atoms with E-state index in [0.29, 0.717) is 33.4 Å². The molecule has 0 aliphatic rings. The Morgan fingerprint density at radius 1 is 1.00 bits per heavy atom. The second kappa shape index (κ2) is 9.16. The first-order valence-electron chi connectivity index (χ1n) is 9.45. The lowest BCUT2D eigenvalue weighted by Gasteiger charge is -2.12. The minimum Gasteiger partial charge on any atom is -0.459 e. The Labute approximate surface area is 187 Å². The van der Waals surface area contributed by atoms with Crippen molar-refractivity contribution < 1.29 is 14.0 Å². The average Bonchev–Trinajstić information content (AvgIpc) is 3.41. The number of carbonyl (C=O) groups excluding carboxylic acids is 2. The monoisotopic (exact) mass is 451 g/mol. The number of furan rings is 1. The van der Waals surface area contributed by atoms with Gasteiger partial charge in [0, 0.05) is 11.4 Å². The average molecular weight is 452 g/mol. The molecule has 0 atom stereocenters. The normalized spacial score (nSPS) is 10.6. The summed E-state index contributed by atoms with van der Waals surface area (Å²) in [6.45, 7) is 1.81. The zero-order valence-electron chi connectivity index (χ0n) is 16.5. The van der Waals surface area contributed by atoms with Crippen LogP contribution < -0.4 is 10.6 Å². The van der Waals surface area contributed by atoms with E-state index in [-0.39, 0.29) is 11.7 Å². The number of hydrogen-bond acceptors (Lipinski definition) is 5. The number of halogens is 1. The van der Waals surface area contributed by atoms with Crippen LogP contribution in [0.1, 0.15) is 36.5 Å². The second-order valence-corrected chi connectivity index (χ2v) is 8.28. The molecule has 0 bridgehead atoms. The maximum atomic E-state index is 12.9. The molecule has 4 rings (SSSR count). The van der Waals surface area contributed by atoms with Crippen LogP contribution in [0.3, 0.4) is 0 Å². The summed E-state index contributed by atoms with van der Waals surface area (Å²) in [7, 11) is 0. The highest BCUT2D eigenvalue weighted by Crippen LogP contribution is 2.28. The van der Waals surface area contributed by atoms with E-state index in [1.807, 2.05) is 30.3 Å². The van der Waals surface area contributed by atoms with Crippen molar-refractivity contribution in [2.45, 2.75) is 13.3 Å². The van der Waals surface area contributed by atoms with Crippen LogP contribution >= 0.6 is 22.9 Å². The quantitative estimate of drug-likeness (QED) is 0.388. The minimum atomic E-state index is -0.443. The Morgan fingerprint density at radius 3 is 2.52 bits per heavy atom. The largest absolute Gasteiger partial charge is 0.459 e. The second-order valence-electron chi connectivity index (χ2n) is 6.76. The fourth-order valence-electron chi connectivity index (χ4n) is 3.01. The number of aromatic nitrogens is 1. The van der Waals surface area contributed by atoms with Gasteiger partial charge >= 0.3 is 0 Å². The summed E-state index contributed by atoms with van der Waals surface area (Å²) in [5, 5.41) is 6.85. The first-order valence-corrected chi connectivity index (χ1v) is 10.6. The highest BCUT2D eigenvalue weighted by molar-refractivity contribution is 7.14. The lowest BCUT2D eigenvalue weighted by molar-refractivity contribution is 0.0993. The zero-order valence-corrected chi connectivity index (χ0v) is 18.1. The highest BCUT2D eigenvalue weighted by atomic mass is 35.5. The molecule has 6 nitrogen and oxygen atoms in total. The summed E-state index contributed by atoms with van der Waals surface area (Å²) in [4.78, 5) is 30.4. The van der Waals surface area contributed by atoms with Crippen LogP contribution in [0.2, 0.25) is 5.02 Å². The van der Waals surface area contributed by atoms with E-state index in [0.717, 1.165) is 10.6 Å². The number of benzene rings is 2. The summed E-state index contributed by atoms with van der Waals surface area (Å²) in [5.41, 5.74) is 2.58. The molecule has 0 fully saturated rings. The molecule has 156 valence electrons. The van der Waals surface area contributed by atoms with Gasteiger partial charge in [-0.15, -0.1) is 11.3 Å². The molecule has 0 radical (unpaired) electrons. The van der Waals surface area contributed by atoms with Crippen LogP contribution in [0.25, 0.3) is 0 Å². The van der Waals surface area contributed by atoms with Crippen molar-refractivity contribution in [3.05, 3.63) is 98.9 Å². The van der Waals surface area contributed by atoms with Gasteiger partial charge in [0.2, 0.25) is 0 Å². The Balaban J connectivity index is 1.53. The van der Waals surface area contributed by atoms with Gasteiger partial charge < -0.3 is 15.1 Å². The number of rotatable bonds is 6. The van der Waals surface area contributed by atoms with Crippen LogP contribution in [0.4, 0.5) is 11.4 Å². The van der Waals surface area contributed by atoms with Crippen molar-refractivity contribution in [2.75, 3.05) is 10.6 Å². The van der Waals surface area contributed by atoms with Gasteiger partial charge in [0.1, 0.15) is 4.88 Å². The summed E-state index contributed by atoms with van der Waals surface area (Å²) in [6, 6.07) is 18.0. The van der Waals surface area contributed by atoms with Gasteiger partial charge in [0.25, 0.3) is 11.8 Å². The molecule has 4 aromatic rings. The maximum absolute atomic E-state index is 12.9. The summed E-state index contributed by atoms with van der Waals surface area (Å²) < 4.78 is 5.12. The zero-order chi connectivity index (χ0) is 21.8. The highest BCUT2D eigenvalue weighted by Gasteiger charge is 2.18. The molecule has 2 aromatic heterocycles. The van der Waals surface area contributed by atoms with Crippen LogP contribution in [0.15, 0.2) is 71.3 Å². The topological polar surface area (TPSA) is 84.2 Å². The molecule has 2 aromatic carbocycles. The van der Waals surface area contributed by atoms with E-state index < -0.39 is 5.91 Å². The molecule has 0 unspecified atom stereocenters. The number of amides is 2. The summed E-state index contributed by atoms with van der Waals surface area (Å²) in [6.07, 6.45) is 2.07. The predicted octanol–water partition coefficient (Wildman–Crippen LogP) is 5.79. The number of thiazole rings is 1. The first-order chi connectivity index (χ1) is 15.0. The molecule has 0 aliphatic carbocycles. The van der Waals surface area contributed by atoms with Crippen molar-refractivity contribution in [3.8, 4) is 0 Å². The van der Waals surface area contributed by atoms with E-state index in [1.165, 1.54) is 17.6 Å². The van der Waals surface area contributed by atoms with Gasteiger partial charge in [-0.05, 0) is 42.8 Å². The molecular formula is C23H18ClN3O3S. The third-order valence-electron chi connectivity index (χ3n) is 4.47. The van der Waals surface area contributed by atoms with Crippen molar-refractivity contribution in [3.63, 3.8) is 0 Å². The lowest BCUT2D eigenvalue weighted by atomic mass is 10.2. The van der Waals surface area contributed by atoms with E-state index in [4.69, 9.17) is 16.0 Å². The van der Waals surface area contributed by atoms with Crippen LogP contribution in [0.5, 0.6) is 0 Å². The molecule has 0 aliphatic heterocycles. The van der Waals surface area contributed by atoms with E-state index in [1.54, 1.807) is 37.3 Å². The Hall–Kier alpha value is -3.42. The molecule has 2 amide bonds. The predicted molar refractivity (Wildman–Crippen MR) is 122 cm³/mol. The van der Waals surface area contributed by atoms with Crippen molar-refractivity contribution in [1.82, 2.24) is 4.98 Å². The lowest BCUT2D eigenvalue weighted by Crippen LogP contribution is -2.16. The SMILES string of the molecule is Cc1nc(Cc2ccccc2)sc1C(=O)Nc1ccc(Cl)cc1NC(=O)c1ccco1. The van der Waals surface area contributed by atoms with Crippen LogP contribution in [-0.4, -0.2) is 16.8 Å². The van der Waals surface area contributed by atoms with Gasteiger partial charge in [-0.1, -0.05) is 41.9 Å². The smallest absolute Gasteiger partial charge is 0.291 e. The van der Waals surface area contributed by atoms with Gasteiger partial charge in [-0.3, -0.25) is 9.59 Å². The van der Waals surface area contributed by atoms with Crippen LogP contribution in [0, 0.1) is 6.92 Å². The van der Waals surface area contributed by atoms with E-state index >= 15 is 0 Å². The maximum Gasteiger partial charge on any atom is 0.291 e.